The van der Waals surface area contributed by atoms with Crippen LogP contribution in [0.5, 0.6) is 11.5 Å². The number of alkyl halides is 2. The zero-order valence-corrected chi connectivity index (χ0v) is 32.9. The fraction of sp³-hybridized carbons (Fsp3) is 0.548. The van der Waals surface area contributed by atoms with E-state index in [9.17, 15) is 9.59 Å². The second-order valence-electron chi connectivity index (χ2n) is 11.6. The van der Waals surface area contributed by atoms with Crippen molar-refractivity contribution >= 4 is 83.1 Å². The molecule has 0 saturated carbocycles. The number of halogens is 3. The standard InChI is InChI=1S/C15H22BrNO3.C15H23NO3.CH2Cl2.BHNS/c1-9-8-11(13(19-7)10(2)12(9)16)17(6)14(18)20-15(3,4)5;1-10-8-11(2)13(18-7)12(9-10)16(6)14(17)19-15(3,4)5;2-1-3;1-2-3/h8H,1-7H3;8-9H,1-7H3;1H2;3H. The van der Waals surface area contributed by atoms with Crippen LogP contribution >= 0.6 is 51.9 Å². The first-order chi connectivity index (χ1) is 20.6. The fourth-order valence-corrected chi connectivity index (χ4v) is 4.03. The van der Waals surface area contributed by atoms with Gasteiger partial charge in [-0.05, 0) is 98.1 Å². The Labute approximate surface area is 295 Å². The van der Waals surface area contributed by atoms with E-state index in [0.717, 1.165) is 26.7 Å². The first-order valence-corrected chi connectivity index (χ1v) is 15.9. The van der Waals surface area contributed by atoms with E-state index in [4.69, 9.17) is 42.1 Å². The van der Waals surface area contributed by atoms with Crippen LogP contribution in [0.15, 0.2) is 27.0 Å². The maximum atomic E-state index is 12.2. The van der Waals surface area contributed by atoms with Gasteiger partial charge >= 0.3 is 36.9 Å². The van der Waals surface area contributed by atoms with Crippen LogP contribution < -0.4 is 19.3 Å². The molecule has 0 N–H and O–H groups in total. The van der Waals surface area contributed by atoms with E-state index in [0.29, 0.717) is 22.9 Å². The van der Waals surface area contributed by atoms with E-state index >= 15 is 0 Å². The molecule has 0 aliphatic carbocycles. The number of benzene rings is 2. The van der Waals surface area contributed by atoms with Crippen LogP contribution in [0.4, 0.5) is 21.0 Å². The van der Waals surface area contributed by atoms with Gasteiger partial charge in [-0.3, -0.25) is 9.80 Å². The van der Waals surface area contributed by atoms with E-state index < -0.39 is 23.4 Å². The SMILES string of the molecule is COc1c(C)cc(C)cc1N(C)C(=O)OC(C)(C)C.COc1c(N(C)C(=O)OC(C)(C)C)cc(C)c(Br)c1C.ClCCl.[B]=NS. The minimum atomic E-state index is -0.530. The third-order valence-electron chi connectivity index (χ3n) is 5.47. The van der Waals surface area contributed by atoms with E-state index in [1.54, 1.807) is 28.3 Å². The van der Waals surface area contributed by atoms with Crippen molar-refractivity contribution in [1.29, 1.82) is 0 Å². The van der Waals surface area contributed by atoms with Gasteiger partial charge in [0.25, 0.3) is 0 Å². The summed E-state index contributed by atoms with van der Waals surface area (Å²) in [5.74, 6) is 1.36. The van der Waals surface area contributed by atoms with E-state index in [2.05, 4.69) is 40.7 Å². The Morgan fingerprint density at radius 2 is 1.18 bits per heavy atom. The second-order valence-corrected chi connectivity index (χ2v) is 13.4. The van der Waals surface area contributed by atoms with Crippen LogP contribution in [-0.4, -0.2) is 64.7 Å². The van der Waals surface area contributed by atoms with Crippen molar-refractivity contribution in [3.05, 3.63) is 44.9 Å². The molecule has 14 heteroatoms. The summed E-state index contributed by atoms with van der Waals surface area (Å²) < 4.78 is 25.2. The number of carbonyl (C=O) groups excluding carboxylic acids is 2. The second kappa shape index (κ2) is 20.9. The number of aryl methyl sites for hydroxylation is 3. The van der Waals surface area contributed by atoms with Crippen molar-refractivity contribution in [2.24, 2.45) is 4.30 Å². The summed E-state index contributed by atoms with van der Waals surface area (Å²) >= 11 is 16.2. The number of thiol groups is 1. The van der Waals surface area contributed by atoms with E-state index in [-0.39, 0.29) is 5.34 Å². The number of amides is 2. The molecule has 0 spiro atoms. The minimum absolute atomic E-state index is 0.194. The average molecular weight is 752 g/mol. The Morgan fingerprint density at radius 1 is 0.822 bits per heavy atom. The van der Waals surface area contributed by atoms with Crippen molar-refractivity contribution in [2.45, 2.75) is 80.4 Å². The van der Waals surface area contributed by atoms with Gasteiger partial charge in [0.1, 0.15) is 22.7 Å². The summed E-state index contributed by atoms with van der Waals surface area (Å²) in [4.78, 5) is 27.2. The topological polar surface area (TPSA) is 89.9 Å². The average Bonchev–Trinajstić information content (AvgIpc) is 2.89. The van der Waals surface area contributed by atoms with Crippen molar-refractivity contribution in [2.75, 3.05) is 43.5 Å². The molecule has 2 aromatic rings. The Kier molecular flexibility index (Phi) is 20.9. The summed E-state index contributed by atoms with van der Waals surface area (Å²) in [6.07, 6.45) is -0.798. The number of methoxy groups -OCH3 is 2. The van der Waals surface area contributed by atoms with Gasteiger partial charge < -0.3 is 18.9 Å². The third-order valence-corrected chi connectivity index (χ3v) is 6.69. The predicted octanol–water partition coefficient (Wildman–Crippen LogP) is 9.73. The molecule has 9 nitrogen and oxygen atoms in total. The zero-order chi connectivity index (χ0) is 35.9. The number of carbonyl (C=O) groups is 2. The van der Waals surface area contributed by atoms with Crippen LogP contribution in [0.25, 0.3) is 0 Å². The molecule has 253 valence electrons. The molecule has 0 heterocycles. The van der Waals surface area contributed by atoms with Gasteiger partial charge in [0.2, 0.25) is 0 Å². The molecule has 0 bridgehead atoms. The summed E-state index contributed by atoms with van der Waals surface area (Å²) in [6.45, 7) is 18.9. The molecule has 2 amide bonds. The summed E-state index contributed by atoms with van der Waals surface area (Å²) in [7, 11) is 10.9. The van der Waals surface area contributed by atoms with Crippen LogP contribution in [-0.2, 0) is 9.47 Å². The molecule has 0 atom stereocenters. The molecule has 0 saturated heterocycles. The Hall–Kier alpha value is -2.15. The molecule has 2 rings (SSSR count). The number of ether oxygens (including phenoxy) is 4. The quantitative estimate of drug-likeness (QED) is 0.190. The van der Waals surface area contributed by atoms with Gasteiger partial charge in [-0.15, -0.1) is 23.2 Å². The van der Waals surface area contributed by atoms with Gasteiger partial charge in [-0.1, -0.05) is 22.0 Å². The molecule has 0 unspecified atom stereocenters. The van der Waals surface area contributed by atoms with Crippen molar-refractivity contribution in [1.82, 2.24) is 0 Å². The van der Waals surface area contributed by atoms with Crippen LogP contribution in [0.2, 0.25) is 0 Å². The molecule has 0 aromatic heterocycles. The first kappa shape index (κ1) is 45.0. The first-order valence-electron chi connectivity index (χ1n) is 13.7. The maximum absolute atomic E-state index is 12.2. The van der Waals surface area contributed by atoms with Gasteiger partial charge in [0.15, 0.2) is 0 Å². The number of anilines is 2. The summed E-state index contributed by atoms with van der Waals surface area (Å²) in [6, 6.07) is 5.83. The van der Waals surface area contributed by atoms with Crippen molar-refractivity contribution in [3.8, 4) is 11.5 Å². The van der Waals surface area contributed by atoms with Crippen molar-refractivity contribution < 1.29 is 28.5 Å². The zero-order valence-electron chi connectivity index (χ0n) is 28.9. The van der Waals surface area contributed by atoms with Gasteiger partial charge in [0, 0.05) is 24.1 Å². The Balaban J connectivity index is 0. The number of hydrogen-bond donors (Lipinski definition) is 1. The molecule has 2 aromatic carbocycles. The molecule has 45 heavy (non-hydrogen) atoms. The van der Waals surface area contributed by atoms with Crippen LogP contribution in [0.3, 0.4) is 0 Å². The van der Waals surface area contributed by atoms with Gasteiger partial charge in [-0.2, -0.15) is 0 Å². The van der Waals surface area contributed by atoms with E-state index in [1.165, 1.54) is 9.80 Å². The monoisotopic (exact) mass is 750 g/mol. The molecule has 0 aliphatic heterocycles. The Bertz CT molecular complexity index is 1270. The van der Waals surface area contributed by atoms with Crippen LogP contribution in [0.1, 0.15) is 63.8 Å². The summed E-state index contributed by atoms with van der Waals surface area (Å²) in [5, 5.41) is 0.194. The van der Waals surface area contributed by atoms with Crippen molar-refractivity contribution in [3.63, 3.8) is 0 Å². The number of nitrogens with zero attached hydrogens (tertiary/aromatic N) is 3. The molecule has 0 aliphatic rings. The number of rotatable bonds is 4. The van der Waals surface area contributed by atoms with Gasteiger partial charge in [-0.25, -0.2) is 9.59 Å². The Morgan fingerprint density at radius 3 is 1.51 bits per heavy atom. The fourth-order valence-electron chi connectivity index (χ4n) is 3.73. The third kappa shape index (κ3) is 16.3. The summed E-state index contributed by atoms with van der Waals surface area (Å²) in [5.41, 5.74) is 4.42. The van der Waals surface area contributed by atoms with Gasteiger partial charge in [0.05, 0.1) is 30.9 Å². The van der Waals surface area contributed by atoms with Crippen LogP contribution in [0, 0.1) is 27.7 Å². The molecule has 1 radical (unpaired) electrons. The van der Waals surface area contributed by atoms with E-state index in [1.807, 2.05) is 87.4 Å². The molecular weight excluding hydrogens is 704 g/mol. The molecular formula is C31H48BBrCl2N3O6S. The predicted molar refractivity (Wildman–Crippen MR) is 196 cm³/mol. The number of hydrogen-bond acceptors (Lipinski definition) is 8. The molecule has 0 fully saturated rings. The normalized spacial score (nSPS) is 10.3.